The molecular formula is C25H28N4O3. The Bertz CT molecular complexity index is 1150. The van der Waals surface area contributed by atoms with Crippen molar-refractivity contribution in [2.24, 2.45) is 0 Å². The summed E-state index contributed by atoms with van der Waals surface area (Å²) >= 11 is 0. The van der Waals surface area contributed by atoms with Crippen molar-refractivity contribution in [3.05, 3.63) is 76.0 Å². The molecule has 0 spiro atoms. The number of pyridine rings is 1. The Morgan fingerprint density at radius 3 is 2.56 bits per heavy atom. The molecule has 7 nitrogen and oxygen atoms in total. The molecule has 1 fully saturated rings. The third-order valence-electron chi connectivity index (χ3n) is 6.02. The molecule has 0 bridgehead atoms. The Labute approximate surface area is 187 Å². The SMILES string of the molecule is Cc1ccc(O[C@@H](C)C(=O)N2CCC(c3nc(-c4ccccn4)cc(=O)[nH]3)CC2)cc1C. The van der Waals surface area contributed by atoms with E-state index in [0.29, 0.717) is 36.1 Å². The second-order valence-corrected chi connectivity index (χ2v) is 8.34. The van der Waals surface area contributed by atoms with Gasteiger partial charge in [0.2, 0.25) is 0 Å². The number of likely N-dealkylation sites (tertiary alicyclic amines) is 1. The van der Waals surface area contributed by atoms with Crippen molar-refractivity contribution in [3.63, 3.8) is 0 Å². The number of H-pyrrole nitrogens is 1. The number of amides is 1. The minimum atomic E-state index is -0.556. The first kappa shape index (κ1) is 21.7. The standard InChI is InChI=1S/C25H28N4O3/c1-16-7-8-20(14-17(16)2)32-18(3)25(31)29-12-9-19(10-13-29)24-27-22(15-23(30)28-24)21-6-4-5-11-26-21/h4-8,11,14-15,18-19H,9-10,12-13H2,1-3H3,(H,27,28,30)/t18-/m0/s1. The summed E-state index contributed by atoms with van der Waals surface area (Å²) in [6, 6.07) is 12.9. The van der Waals surface area contributed by atoms with Crippen molar-refractivity contribution >= 4 is 5.91 Å². The van der Waals surface area contributed by atoms with Gasteiger partial charge in [-0.1, -0.05) is 12.1 Å². The van der Waals surface area contributed by atoms with Gasteiger partial charge in [0.25, 0.3) is 11.5 Å². The molecule has 1 aliphatic rings. The van der Waals surface area contributed by atoms with Crippen molar-refractivity contribution in [3.8, 4) is 17.1 Å². The quantitative estimate of drug-likeness (QED) is 0.665. The van der Waals surface area contributed by atoms with E-state index >= 15 is 0 Å². The Kier molecular flexibility index (Phi) is 6.35. The molecule has 3 heterocycles. The highest BCUT2D eigenvalue weighted by Gasteiger charge is 2.29. The van der Waals surface area contributed by atoms with Crippen molar-refractivity contribution in [2.45, 2.75) is 45.6 Å². The minimum absolute atomic E-state index is 0.0228. The van der Waals surface area contributed by atoms with E-state index in [2.05, 4.69) is 15.0 Å². The predicted molar refractivity (Wildman–Crippen MR) is 123 cm³/mol. The highest BCUT2D eigenvalue weighted by Crippen LogP contribution is 2.27. The lowest BCUT2D eigenvalue weighted by molar-refractivity contribution is -0.139. The molecule has 1 atom stereocenters. The van der Waals surface area contributed by atoms with Gasteiger partial charge < -0.3 is 14.6 Å². The number of hydrogen-bond donors (Lipinski definition) is 1. The van der Waals surface area contributed by atoms with E-state index in [1.165, 1.54) is 11.6 Å². The highest BCUT2D eigenvalue weighted by atomic mass is 16.5. The van der Waals surface area contributed by atoms with Gasteiger partial charge in [-0.2, -0.15) is 0 Å². The summed E-state index contributed by atoms with van der Waals surface area (Å²) in [6.07, 6.45) is 2.59. The van der Waals surface area contributed by atoms with Gasteiger partial charge in [-0.3, -0.25) is 14.6 Å². The van der Waals surface area contributed by atoms with Crippen LogP contribution in [-0.2, 0) is 4.79 Å². The first-order valence-corrected chi connectivity index (χ1v) is 11.0. The van der Waals surface area contributed by atoms with Crippen LogP contribution in [0.3, 0.4) is 0 Å². The maximum Gasteiger partial charge on any atom is 0.263 e. The number of piperidine rings is 1. The molecule has 0 radical (unpaired) electrons. The van der Waals surface area contributed by atoms with Crippen LogP contribution >= 0.6 is 0 Å². The Hall–Kier alpha value is -3.48. The smallest absolute Gasteiger partial charge is 0.263 e. The zero-order chi connectivity index (χ0) is 22.7. The average Bonchev–Trinajstić information content (AvgIpc) is 2.81. The first-order chi connectivity index (χ1) is 15.4. The molecule has 1 aromatic carbocycles. The summed E-state index contributed by atoms with van der Waals surface area (Å²) in [5.74, 6) is 1.43. The molecule has 1 aliphatic heterocycles. The molecule has 166 valence electrons. The number of nitrogens with one attached hydrogen (secondary N) is 1. The fourth-order valence-electron chi connectivity index (χ4n) is 3.99. The second kappa shape index (κ2) is 9.34. The van der Waals surface area contributed by atoms with E-state index < -0.39 is 6.10 Å². The van der Waals surface area contributed by atoms with Gasteiger partial charge in [-0.15, -0.1) is 0 Å². The third-order valence-corrected chi connectivity index (χ3v) is 6.02. The molecule has 32 heavy (non-hydrogen) atoms. The zero-order valence-corrected chi connectivity index (χ0v) is 18.7. The van der Waals surface area contributed by atoms with E-state index in [4.69, 9.17) is 4.74 Å². The van der Waals surface area contributed by atoms with E-state index in [1.54, 1.807) is 13.1 Å². The molecule has 7 heteroatoms. The Morgan fingerprint density at radius 2 is 1.88 bits per heavy atom. The van der Waals surface area contributed by atoms with Crippen LogP contribution in [0.5, 0.6) is 5.75 Å². The molecular weight excluding hydrogens is 404 g/mol. The number of aromatic nitrogens is 3. The lowest BCUT2D eigenvalue weighted by Gasteiger charge is -2.33. The van der Waals surface area contributed by atoms with E-state index in [0.717, 1.165) is 18.4 Å². The fraction of sp³-hybridized carbons (Fsp3) is 0.360. The maximum absolute atomic E-state index is 12.9. The molecule has 1 saturated heterocycles. The highest BCUT2D eigenvalue weighted by molar-refractivity contribution is 5.81. The molecule has 2 aromatic heterocycles. The van der Waals surface area contributed by atoms with Gasteiger partial charge in [0.05, 0.1) is 11.4 Å². The summed E-state index contributed by atoms with van der Waals surface area (Å²) < 4.78 is 5.90. The largest absolute Gasteiger partial charge is 0.481 e. The van der Waals surface area contributed by atoms with Crippen LogP contribution in [0.15, 0.2) is 53.5 Å². The number of nitrogens with zero attached hydrogens (tertiary/aromatic N) is 3. The van der Waals surface area contributed by atoms with Gasteiger partial charge in [-0.25, -0.2) is 4.98 Å². The normalized spacial score (nSPS) is 15.4. The number of carbonyl (C=O) groups is 1. The molecule has 0 unspecified atom stereocenters. The van der Waals surface area contributed by atoms with Gasteiger partial charge in [0, 0.05) is 31.3 Å². The number of aromatic amines is 1. The molecule has 0 aliphatic carbocycles. The van der Waals surface area contributed by atoms with Gasteiger partial charge >= 0.3 is 0 Å². The summed E-state index contributed by atoms with van der Waals surface area (Å²) in [5.41, 5.74) is 3.38. The lowest BCUT2D eigenvalue weighted by atomic mass is 9.95. The monoisotopic (exact) mass is 432 g/mol. The topological polar surface area (TPSA) is 88.2 Å². The molecule has 3 aromatic rings. The summed E-state index contributed by atoms with van der Waals surface area (Å²) in [5, 5.41) is 0. The first-order valence-electron chi connectivity index (χ1n) is 11.0. The maximum atomic E-state index is 12.9. The predicted octanol–water partition coefficient (Wildman–Crippen LogP) is 3.62. The van der Waals surface area contributed by atoms with Gasteiger partial charge in [0.15, 0.2) is 6.10 Å². The number of aryl methyl sites for hydroxylation is 2. The Balaban J connectivity index is 1.39. The second-order valence-electron chi connectivity index (χ2n) is 8.34. The van der Waals surface area contributed by atoms with Crippen molar-refractivity contribution in [1.29, 1.82) is 0 Å². The summed E-state index contributed by atoms with van der Waals surface area (Å²) in [7, 11) is 0. The van der Waals surface area contributed by atoms with Crippen LogP contribution in [0.1, 0.15) is 42.6 Å². The number of hydrogen-bond acceptors (Lipinski definition) is 5. The molecule has 1 amide bonds. The van der Waals surface area contributed by atoms with Crippen LogP contribution < -0.4 is 10.3 Å². The van der Waals surface area contributed by atoms with Crippen LogP contribution in [0, 0.1) is 13.8 Å². The summed E-state index contributed by atoms with van der Waals surface area (Å²) in [4.78, 5) is 38.8. The van der Waals surface area contributed by atoms with Crippen LogP contribution in [0.4, 0.5) is 0 Å². The number of benzene rings is 1. The average molecular weight is 433 g/mol. The van der Waals surface area contributed by atoms with E-state index in [9.17, 15) is 9.59 Å². The molecule has 4 rings (SSSR count). The van der Waals surface area contributed by atoms with Crippen LogP contribution in [-0.4, -0.2) is 45.0 Å². The minimum Gasteiger partial charge on any atom is -0.481 e. The number of ether oxygens (including phenoxy) is 1. The van der Waals surface area contributed by atoms with E-state index in [-0.39, 0.29) is 17.4 Å². The van der Waals surface area contributed by atoms with E-state index in [1.807, 2.05) is 55.1 Å². The molecule has 0 saturated carbocycles. The lowest BCUT2D eigenvalue weighted by Crippen LogP contribution is -2.44. The zero-order valence-electron chi connectivity index (χ0n) is 18.7. The molecule has 1 N–H and O–H groups in total. The van der Waals surface area contributed by atoms with Crippen molar-refractivity contribution < 1.29 is 9.53 Å². The number of carbonyl (C=O) groups excluding carboxylic acids is 1. The number of rotatable bonds is 5. The van der Waals surface area contributed by atoms with Crippen molar-refractivity contribution in [1.82, 2.24) is 19.9 Å². The third kappa shape index (κ3) is 4.88. The van der Waals surface area contributed by atoms with Crippen LogP contribution in [0.2, 0.25) is 0 Å². The fourth-order valence-corrected chi connectivity index (χ4v) is 3.99. The van der Waals surface area contributed by atoms with Crippen molar-refractivity contribution in [2.75, 3.05) is 13.1 Å². The van der Waals surface area contributed by atoms with Gasteiger partial charge in [0.1, 0.15) is 11.6 Å². The van der Waals surface area contributed by atoms with Gasteiger partial charge in [-0.05, 0) is 69.0 Å². The summed E-state index contributed by atoms with van der Waals surface area (Å²) in [6.45, 7) is 7.06. The Morgan fingerprint density at radius 1 is 1.09 bits per heavy atom. The van der Waals surface area contributed by atoms with Crippen LogP contribution in [0.25, 0.3) is 11.4 Å².